The number of nitrogens with zero attached hydrogens (tertiary/aromatic N) is 1. The van der Waals surface area contributed by atoms with Crippen molar-refractivity contribution < 1.29 is 4.79 Å². The molecule has 0 aliphatic heterocycles. The molecule has 1 aromatic rings. The van der Waals surface area contributed by atoms with Crippen LogP contribution >= 0.6 is 12.6 Å². The molecule has 1 rings (SSSR count). The van der Waals surface area contributed by atoms with Gasteiger partial charge in [-0.3, -0.25) is 0 Å². The smallest absolute Gasteiger partial charge is 0.211 e. The van der Waals surface area contributed by atoms with Crippen LogP contribution in [0.4, 0.5) is 0 Å². The van der Waals surface area contributed by atoms with Crippen molar-refractivity contribution in [2.24, 2.45) is 4.99 Å². The molecule has 0 saturated carbocycles. The first kappa shape index (κ1) is 8.05. The van der Waals surface area contributed by atoms with Crippen molar-refractivity contribution in [2.45, 2.75) is 11.4 Å². The Balaban J connectivity index is 2.73. The van der Waals surface area contributed by atoms with Crippen LogP contribution in [0.5, 0.6) is 0 Å². The predicted molar refractivity (Wildman–Crippen MR) is 45.5 cm³/mol. The van der Waals surface area contributed by atoms with Gasteiger partial charge in [-0.15, -0.1) is 12.6 Å². The molecule has 1 aromatic carbocycles. The topological polar surface area (TPSA) is 29.4 Å². The predicted octanol–water partition coefficient (Wildman–Crippen LogP) is 1.81. The minimum atomic E-state index is 0.400. The van der Waals surface area contributed by atoms with E-state index in [-0.39, 0.29) is 0 Å². The van der Waals surface area contributed by atoms with E-state index in [1.54, 1.807) is 0 Å². The third-order valence-corrected chi connectivity index (χ3v) is 1.56. The molecular weight excluding hydrogens is 158 g/mol. The van der Waals surface area contributed by atoms with Gasteiger partial charge in [0.2, 0.25) is 6.08 Å². The van der Waals surface area contributed by atoms with Crippen LogP contribution in [-0.2, 0) is 11.3 Å². The van der Waals surface area contributed by atoms with Crippen LogP contribution in [-0.4, -0.2) is 6.08 Å². The van der Waals surface area contributed by atoms with Crippen LogP contribution in [0, 0.1) is 0 Å². The maximum absolute atomic E-state index is 9.74. The van der Waals surface area contributed by atoms with Crippen LogP contribution in [0.1, 0.15) is 5.56 Å². The highest BCUT2D eigenvalue weighted by Crippen LogP contribution is 2.07. The Morgan fingerprint density at radius 2 is 2.00 bits per heavy atom. The van der Waals surface area contributed by atoms with E-state index in [2.05, 4.69) is 17.6 Å². The molecule has 0 atom stereocenters. The largest absolute Gasteiger partial charge is 0.235 e. The zero-order chi connectivity index (χ0) is 8.10. The van der Waals surface area contributed by atoms with Gasteiger partial charge in [0, 0.05) is 4.90 Å². The Kier molecular flexibility index (Phi) is 2.90. The number of benzene rings is 1. The van der Waals surface area contributed by atoms with Gasteiger partial charge in [0.25, 0.3) is 0 Å². The Bertz CT molecular complexity index is 275. The first-order chi connectivity index (χ1) is 5.33. The first-order valence-electron chi connectivity index (χ1n) is 3.14. The maximum Gasteiger partial charge on any atom is 0.235 e. The van der Waals surface area contributed by atoms with Gasteiger partial charge in [0.1, 0.15) is 0 Å². The molecule has 56 valence electrons. The molecule has 0 aliphatic rings. The van der Waals surface area contributed by atoms with Crippen molar-refractivity contribution in [3.05, 3.63) is 29.8 Å². The van der Waals surface area contributed by atoms with E-state index in [0.29, 0.717) is 6.54 Å². The minimum absolute atomic E-state index is 0.400. The van der Waals surface area contributed by atoms with E-state index >= 15 is 0 Å². The summed E-state index contributed by atoms with van der Waals surface area (Å²) in [5, 5.41) is 0. The Hall–Kier alpha value is -1.05. The summed E-state index contributed by atoms with van der Waals surface area (Å²) in [6.45, 7) is 0.400. The lowest BCUT2D eigenvalue weighted by Crippen LogP contribution is -1.78. The zero-order valence-electron chi connectivity index (χ0n) is 5.82. The molecule has 3 heteroatoms. The number of hydrogen-bond donors (Lipinski definition) is 1. The molecule has 0 heterocycles. The lowest BCUT2D eigenvalue weighted by Gasteiger charge is -1.93. The second kappa shape index (κ2) is 3.96. The highest BCUT2D eigenvalue weighted by Gasteiger charge is 1.88. The third kappa shape index (κ3) is 2.58. The van der Waals surface area contributed by atoms with Gasteiger partial charge in [-0.2, -0.15) is 0 Å². The highest BCUT2D eigenvalue weighted by molar-refractivity contribution is 7.80. The van der Waals surface area contributed by atoms with Gasteiger partial charge < -0.3 is 0 Å². The van der Waals surface area contributed by atoms with Crippen molar-refractivity contribution in [1.29, 1.82) is 0 Å². The van der Waals surface area contributed by atoms with Crippen molar-refractivity contribution in [1.82, 2.24) is 0 Å². The average Bonchev–Trinajstić information content (AvgIpc) is 2.04. The normalized spacial score (nSPS) is 8.82. The summed E-state index contributed by atoms with van der Waals surface area (Å²) in [6, 6.07) is 7.48. The van der Waals surface area contributed by atoms with Gasteiger partial charge in [-0.25, -0.2) is 9.79 Å². The van der Waals surface area contributed by atoms with Gasteiger partial charge in [0.15, 0.2) is 0 Å². The van der Waals surface area contributed by atoms with Gasteiger partial charge in [-0.1, -0.05) is 12.1 Å². The third-order valence-electron chi connectivity index (χ3n) is 1.26. The Labute approximate surface area is 70.4 Å². The molecule has 2 nitrogen and oxygen atoms in total. The highest BCUT2D eigenvalue weighted by atomic mass is 32.1. The molecule has 0 saturated heterocycles. The SMILES string of the molecule is O=C=NCc1ccc(S)cc1. The quantitative estimate of drug-likeness (QED) is 0.404. The van der Waals surface area contributed by atoms with Gasteiger partial charge in [0.05, 0.1) is 6.54 Å². The Morgan fingerprint density at radius 1 is 1.36 bits per heavy atom. The van der Waals surface area contributed by atoms with Crippen LogP contribution in [0.3, 0.4) is 0 Å². The van der Waals surface area contributed by atoms with E-state index in [9.17, 15) is 4.79 Å². The summed E-state index contributed by atoms with van der Waals surface area (Å²) in [6.07, 6.45) is 1.49. The van der Waals surface area contributed by atoms with E-state index < -0.39 is 0 Å². The molecular formula is C8H7NOS. The molecule has 0 N–H and O–H groups in total. The fourth-order valence-corrected chi connectivity index (χ4v) is 0.874. The summed E-state index contributed by atoms with van der Waals surface area (Å²) in [5.41, 5.74) is 0.992. The van der Waals surface area contributed by atoms with Crippen molar-refractivity contribution >= 4 is 18.7 Å². The summed E-state index contributed by atoms with van der Waals surface area (Å²) in [5.74, 6) is 0. The fourth-order valence-electron chi connectivity index (χ4n) is 0.725. The van der Waals surface area contributed by atoms with Gasteiger partial charge in [-0.05, 0) is 17.7 Å². The summed E-state index contributed by atoms with van der Waals surface area (Å²) >= 11 is 4.11. The molecule has 0 bridgehead atoms. The number of carbonyl (C=O) groups excluding carboxylic acids is 1. The number of rotatable bonds is 2. The van der Waals surface area contributed by atoms with E-state index in [4.69, 9.17) is 0 Å². The lowest BCUT2D eigenvalue weighted by atomic mass is 10.2. The maximum atomic E-state index is 9.74. The second-order valence-corrected chi connectivity index (χ2v) is 2.59. The van der Waals surface area contributed by atoms with Crippen molar-refractivity contribution in [2.75, 3.05) is 0 Å². The van der Waals surface area contributed by atoms with E-state index in [1.165, 1.54) is 6.08 Å². The molecule has 0 aliphatic carbocycles. The minimum Gasteiger partial charge on any atom is -0.211 e. The standard InChI is InChI=1S/C8H7NOS/c10-6-9-5-7-1-3-8(11)4-2-7/h1-4,11H,5H2. The molecule has 0 unspecified atom stereocenters. The molecule has 0 aromatic heterocycles. The van der Waals surface area contributed by atoms with Crippen LogP contribution in [0.2, 0.25) is 0 Å². The molecule has 0 radical (unpaired) electrons. The van der Waals surface area contributed by atoms with Crippen molar-refractivity contribution in [3.8, 4) is 0 Å². The molecule has 11 heavy (non-hydrogen) atoms. The van der Waals surface area contributed by atoms with Crippen LogP contribution < -0.4 is 0 Å². The van der Waals surface area contributed by atoms with Crippen LogP contribution in [0.25, 0.3) is 0 Å². The lowest BCUT2D eigenvalue weighted by molar-refractivity contribution is 0.563. The number of thiol groups is 1. The number of isocyanates is 1. The van der Waals surface area contributed by atoms with Crippen LogP contribution in [0.15, 0.2) is 34.2 Å². The molecule has 0 amide bonds. The first-order valence-corrected chi connectivity index (χ1v) is 3.59. The monoisotopic (exact) mass is 165 g/mol. The average molecular weight is 165 g/mol. The summed E-state index contributed by atoms with van der Waals surface area (Å²) in [4.78, 5) is 14.1. The zero-order valence-corrected chi connectivity index (χ0v) is 6.71. The molecule has 0 spiro atoms. The van der Waals surface area contributed by atoms with E-state index in [0.717, 1.165) is 10.5 Å². The van der Waals surface area contributed by atoms with E-state index in [1.807, 2.05) is 24.3 Å². The summed E-state index contributed by atoms with van der Waals surface area (Å²) in [7, 11) is 0. The summed E-state index contributed by atoms with van der Waals surface area (Å²) < 4.78 is 0. The number of hydrogen-bond acceptors (Lipinski definition) is 3. The van der Waals surface area contributed by atoms with Crippen molar-refractivity contribution in [3.63, 3.8) is 0 Å². The van der Waals surface area contributed by atoms with Gasteiger partial charge >= 0.3 is 0 Å². The fraction of sp³-hybridized carbons (Fsp3) is 0.125. The Morgan fingerprint density at radius 3 is 2.55 bits per heavy atom. The molecule has 0 fully saturated rings. The number of aliphatic imine (C=N–C) groups is 1. The second-order valence-electron chi connectivity index (χ2n) is 2.07.